The smallest absolute Gasteiger partial charge is 0.164 e. The van der Waals surface area contributed by atoms with Crippen molar-refractivity contribution in [3.8, 4) is 5.75 Å². The van der Waals surface area contributed by atoms with Crippen LogP contribution in [0.2, 0.25) is 0 Å². The van der Waals surface area contributed by atoms with Crippen molar-refractivity contribution in [2.24, 2.45) is 5.92 Å². The molecule has 0 aromatic heterocycles. The third-order valence-electron chi connectivity index (χ3n) is 4.00. The number of nitrogen functional groups attached to an aromatic ring is 1. The second kappa shape index (κ2) is 8.46. The predicted octanol–water partition coefficient (Wildman–Crippen LogP) is 2.99. The summed E-state index contributed by atoms with van der Waals surface area (Å²) in [7, 11) is 1.52. The highest BCUT2D eigenvalue weighted by Crippen LogP contribution is 2.31. The maximum absolute atomic E-state index is 12.6. The van der Waals surface area contributed by atoms with Crippen LogP contribution in [0.25, 0.3) is 0 Å². The molecule has 0 spiro atoms. The van der Waals surface area contributed by atoms with Gasteiger partial charge in [-0.25, -0.2) is 0 Å². The number of hydrogen-bond acceptors (Lipinski definition) is 5. The van der Waals surface area contributed by atoms with Crippen LogP contribution in [0.15, 0.2) is 12.1 Å². The van der Waals surface area contributed by atoms with Crippen LogP contribution in [-0.4, -0.2) is 24.5 Å². The Kier molecular flexibility index (Phi) is 6.94. The number of carbonyl (C=O) groups excluding carboxylic acids is 3. The standard InChI is InChI=1S/C18H25NO4/c1-5-14-15(8-9-16(19)18(14)23-4)17(22)10-13(12(3)21)7-6-11(2)20/h8-9,13H,5-7,10,19H2,1-4H3. The van der Waals surface area contributed by atoms with Gasteiger partial charge in [-0.05, 0) is 38.8 Å². The fourth-order valence-electron chi connectivity index (χ4n) is 2.66. The number of hydrogen-bond donors (Lipinski definition) is 1. The number of ketones is 3. The van der Waals surface area contributed by atoms with E-state index in [0.717, 1.165) is 5.56 Å². The van der Waals surface area contributed by atoms with E-state index >= 15 is 0 Å². The molecule has 23 heavy (non-hydrogen) atoms. The average molecular weight is 319 g/mol. The number of methoxy groups -OCH3 is 1. The zero-order valence-electron chi connectivity index (χ0n) is 14.3. The highest BCUT2D eigenvalue weighted by atomic mass is 16.5. The quantitative estimate of drug-likeness (QED) is 0.558. The SMILES string of the molecule is CCc1c(C(=O)CC(CCC(C)=O)C(C)=O)ccc(N)c1OC. The number of benzene rings is 1. The molecule has 1 atom stereocenters. The van der Waals surface area contributed by atoms with Crippen LogP contribution in [0.5, 0.6) is 5.75 Å². The molecule has 0 radical (unpaired) electrons. The molecule has 5 heteroatoms. The molecule has 1 aromatic rings. The van der Waals surface area contributed by atoms with Crippen molar-refractivity contribution in [3.05, 3.63) is 23.3 Å². The first kappa shape index (κ1) is 18.9. The van der Waals surface area contributed by atoms with Gasteiger partial charge in [0.15, 0.2) is 5.78 Å². The third kappa shape index (κ3) is 4.91. The van der Waals surface area contributed by atoms with Gasteiger partial charge in [0.05, 0.1) is 12.8 Å². The summed E-state index contributed by atoms with van der Waals surface area (Å²) in [6, 6.07) is 3.32. The molecule has 0 saturated carbocycles. The maximum atomic E-state index is 12.6. The molecular formula is C18H25NO4. The van der Waals surface area contributed by atoms with Crippen LogP contribution in [-0.2, 0) is 16.0 Å². The number of anilines is 1. The Labute approximate surface area is 137 Å². The van der Waals surface area contributed by atoms with Gasteiger partial charge in [0.1, 0.15) is 17.3 Å². The van der Waals surface area contributed by atoms with Crippen LogP contribution in [0.3, 0.4) is 0 Å². The Hall–Kier alpha value is -2.17. The molecule has 0 aliphatic carbocycles. The summed E-state index contributed by atoms with van der Waals surface area (Å²) in [4.78, 5) is 35.5. The van der Waals surface area contributed by atoms with Gasteiger partial charge in [-0.2, -0.15) is 0 Å². The number of Topliss-reactive ketones (excluding diaryl/α,β-unsaturated/α-hetero) is 3. The molecule has 0 aliphatic heterocycles. The van der Waals surface area contributed by atoms with Crippen LogP contribution in [0, 0.1) is 5.92 Å². The Balaban J connectivity index is 3.04. The summed E-state index contributed by atoms with van der Waals surface area (Å²) in [5.74, 6) is -0.0859. The van der Waals surface area contributed by atoms with Crippen LogP contribution >= 0.6 is 0 Å². The lowest BCUT2D eigenvalue weighted by atomic mass is 9.88. The molecule has 1 aromatic carbocycles. The van der Waals surface area contributed by atoms with E-state index in [4.69, 9.17) is 10.5 Å². The topological polar surface area (TPSA) is 86.5 Å². The molecular weight excluding hydrogens is 294 g/mol. The van der Waals surface area contributed by atoms with Crippen molar-refractivity contribution >= 4 is 23.0 Å². The zero-order chi connectivity index (χ0) is 17.6. The molecule has 1 rings (SSSR count). The van der Waals surface area contributed by atoms with Crippen LogP contribution < -0.4 is 10.5 Å². The Morgan fingerprint density at radius 1 is 1.22 bits per heavy atom. The lowest BCUT2D eigenvalue weighted by Crippen LogP contribution is -2.18. The van der Waals surface area contributed by atoms with Gasteiger partial charge in [-0.1, -0.05) is 6.92 Å². The molecule has 126 valence electrons. The fraction of sp³-hybridized carbons (Fsp3) is 0.500. The highest BCUT2D eigenvalue weighted by molar-refractivity contribution is 6.01. The van der Waals surface area contributed by atoms with Gasteiger partial charge in [-0.15, -0.1) is 0 Å². The van der Waals surface area contributed by atoms with E-state index in [9.17, 15) is 14.4 Å². The second-order valence-electron chi connectivity index (χ2n) is 5.74. The number of ether oxygens (including phenoxy) is 1. The molecule has 0 aliphatic rings. The molecule has 5 nitrogen and oxygen atoms in total. The number of carbonyl (C=O) groups is 3. The summed E-state index contributed by atoms with van der Waals surface area (Å²) in [5, 5.41) is 0. The lowest BCUT2D eigenvalue weighted by molar-refractivity contribution is -0.121. The van der Waals surface area contributed by atoms with E-state index < -0.39 is 5.92 Å². The fourth-order valence-corrected chi connectivity index (χ4v) is 2.66. The molecule has 0 amide bonds. The van der Waals surface area contributed by atoms with Crippen molar-refractivity contribution in [2.45, 2.75) is 46.5 Å². The van der Waals surface area contributed by atoms with E-state index in [1.807, 2.05) is 6.92 Å². The van der Waals surface area contributed by atoms with Gasteiger partial charge in [0.2, 0.25) is 0 Å². The number of rotatable bonds is 9. The molecule has 0 heterocycles. The Morgan fingerprint density at radius 2 is 1.87 bits per heavy atom. The average Bonchev–Trinajstić information content (AvgIpc) is 2.49. The molecule has 0 saturated heterocycles. The van der Waals surface area contributed by atoms with E-state index in [2.05, 4.69) is 0 Å². The second-order valence-corrected chi connectivity index (χ2v) is 5.74. The number of nitrogens with two attached hydrogens (primary N) is 1. The minimum atomic E-state index is -0.431. The summed E-state index contributed by atoms with van der Waals surface area (Å²) >= 11 is 0. The first-order valence-corrected chi connectivity index (χ1v) is 7.80. The van der Waals surface area contributed by atoms with Crippen molar-refractivity contribution < 1.29 is 19.1 Å². The predicted molar refractivity (Wildman–Crippen MR) is 89.8 cm³/mol. The van der Waals surface area contributed by atoms with Gasteiger partial charge in [0.25, 0.3) is 0 Å². The van der Waals surface area contributed by atoms with Crippen molar-refractivity contribution in [2.75, 3.05) is 12.8 Å². The van der Waals surface area contributed by atoms with E-state index in [1.165, 1.54) is 21.0 Å². The van der Waals surface area contributed by atoms with Gasteiger partial charge < -0.3 is 15.3 Å². The summed E-state index contributed by atoms with van der Waals surface area (Å²) in [5.41, 5.74) is 7.66. The third-order valence-corrected chi connectivity index (χ3v) is 4.00. The van der Waals surface area contributed by atoms with E-state index in [1.54, 1.807) is 12.1 Å². The van der Waals surface area contributed by atoms with E-state index in [0.29, 0.717) is 36.3 Å². The first-order valence-electron chi connectivity index (χ1n) is 7.80. The molecule has 0 fully saturated rings. The van der Waals surface area contributed by atoms with E-state index in [-0.39, 0.29) is 23.8 Å². The van der Waals surface area contributed by atoms with Crippen LogP contribution in [0.4, 0.5) is 5.69 Å². The van der Waals surface area contributed by atoms with Crippen molar-refractivity contribution in [1.29, 1.82) is 0 Å². The van der Waals surface area contributed by atoms with Gasteiger partial charge in [-0.3, -0.25) is 9.59 Å². The largest absolute Gasteiger partial charge is 0.494 e. The summed E-state index contributed by atoms with van der Waals surface area (Å²) in [6.45, 7) is 4.87. The Morgan fingerprint density at radius 3 is 2.35 bits per heavy atom. The molecule has 2 N–H and O–H groups in total. The summed E-state index contributed by atoms with van der Waals surface area (Å²) in [6.07, 6.45) is 1.42. The van der Waals surface area contributed by atoms with Gasteiger partial charge in [0, 0.05) is 29.9 Å². The van der Waals surface area contributed by atoms with Gasteiger partial charge >= 0.3 is 0 Å². The minimum Gasteiger partial charge on any atom is -0.494 e. The summed E-state index contributed by atoms with van der Waals surface area (Å²) < 4.78 is 5.30. The highest BCUT2D eigenvalue weighted by Gasteiger charge is 2.23. The molecule has 0 bridgehead atoms. The maximum Gasteiger partial charge on any atom is 0.164 e. The zero-order valence-corrected chi connectivity index (χ0v) is 14.3. The van der Waals surface area contributed by atoms with Crippen molar-refractivity contribution in [3.63, 3.8) is 0 Å². The minimum absolute atomic E-state index is 0.0205. The first-order chi connectivity index (χ1) is 10.8. The monoisotopic (exact) mass is 319 g/mol. The van der Waals surface area contributed by atoms with Crippen molar-refractivity contribution in [1.82, 2.24) is 0 Å². The lowest BCUT2D eigenvalue weighted by Gasteiger charge is -2.16. The van der Waals surface area contributed by atoms with Crippen LogP contribution in [0.1, 0.15) is 56.0 Å². The normalized spacial score (nSPS) is 11.8. The Bertz CT molecular complexity index is 607. The molecule has 1 unspecified atom stereocenters.